The van der Waals surface area contributed by atoms with Crippen LogP contribution in [0.2, 0.25) is 0 Å². The topological polar surface area (TPSA) is 29.1 Å². The summed E-state index contributed by atoms with van der Waals surface area (Å²) in [6.45, 7) is 4.10. The lowest BCUT2D eigenvalue weighted by molar-refractivity contribution is 0.504. The number of thioether (sulfide) groups is 1. The highest BCUT2D eigenvalue weighted by atomic mass is 32.2. The molecule has 0 unspecified atom stereocenters. The van der Waals surface area contributed by atoms with Crippen molar-refractivity contribution in [3.05, 3.63) is 0 Å². The highest BCUT2D eigenvalue weighted by Crippen LogP contribution is 2.31. The quantitative estimate of drug-likeness (QED) is 0.582. The fraction of sp³-hybridized carbons (Fsp3) is 0.833. The molecule has 0 spiro atoms. The van der Waals surface area contributed by atoms with Crippen molar-refractivity contribution in [2.45, 2.75) is 24.6 Å². The van der Waals surface area contributed by atoms with Gasteiger partial charge in [0.1, 0.15) is 0 Å². The van der Waals surface area contributed by atoms with Crippen LogP contribution in [-0.4, -0.2) is 23.0 Å². The van der Waals surface area contributed by atoms with Crippen LogP contribution in [0.4, 0.5) is 0 Å². The zero-order valence-corrected chi connectivity index (χ0v) is 6.42. The van der Waals surface area contributed by atoms with Crippen molar-refractivity contribution in [2.75, 3.05) is 5.88 Å². The van der Waals surface area contributed by atoms with Gasteiger partial charge in [-0.25, -0.2) is 0 Å². The molecule has 1 aliphatic rings. The van der Waals surface area contributed by atoms with Gasteiger partial charge in [-0.2, -0.15) is 0 Å². The molecule has 1 atom stereocenters. The van der Waals surface area contributed by atoms with Gasteiger partial charge in [0, 0.05) is 10.6 Å². The van der Waals surface area contributed by atoms with Gasteiger partial charge < -0.3 is 0 Å². The summed E-state index contributed by atoms with van der Waals surface area (Å²) in [4.78, 5) is 10.2. The van der Waals surface area contributed by atoms with E-state index >= 15 is 0 Å². The molecular weight excluding hydrogens is 134 g/mol. The Kier molecular flexibility index (Phi) is 1.82. The summed E-state index contributed by atoms with van der Waals surface area (Å²) in [5.41, 5.74) is 0. The maximum absolute atomic E-state index is 10.2. The Labute approximate surface area is 59.4 Å². The number of rotatable bonds is 1. The third-order valence-corrected chi connectivity index (χ3v) is 2.84. The second kappa shape index (κ2) is 2.31. The highest BCUT2D eigenvalue weighted by Gasteiger charge is 2.35. The van der Waals surface area contributed by atoms with E-state index in [2.05, 4.69) is 5.32 Å². The summed E-state index contributed by atoms with van der Waals surface area (Å²) in [5, 5.41) is 3.04. The molecule has 1 N–H and O–H groups in total. The van der Waals surface area contributed by atoms with Crippen LogP contribution < -0.4 is 5.32 Å². The molecule has 0 aromatic rings. The lowest BCUT2D eigenvalue weighted by atomic mass is 10.1. The van der Waals surface area contributed by atoms with Gasteiger partial charge in [-0.1, -0.05) is 0 Å². The Balaban J connectivity index is 2.62. The van der Waals surface area contributed by atoms with Crippen LogP contribution in [0.1, 0.15) is 13.8 Å². The SMILES string of the molecule is CC1(C)SCN[C@@H]1[C]=O. The molecule has 0 bridgehead atoms. The summed E-state index contributed by atoms with van der Waals surface area (Å²) in [6.07, 6.45) is 1.97. The van der Waals surface area contributed by atoms with Crippen molar-refractivity contribution in [2.24, 2.45) is 0 Å². The molecule has 0 aliphatic carbocycles. The molecule has 0 amide bonds. The van der Waals surface area contributed by atoms with Crippen LogP contribution in [0, 0.1) is 0 Å². The predicted octanol–water partition coefficient (Wildman–Crippen LogP) is 0.537. The van der Waals surface area contributed by atoms with E-state index in [-0.39, 0.29) is 10.8 Å². The molecule has 0 aromatic heterocycles. The molecule has 0 aromatic carbocycles. The minimum atomic E-state index is -0.0810. The smallest absolute Gasteiger partial charge is 0.218 e. The molecule has 51 valence electrons. The molecule has 1 heterocycles. The van der Waals surface area contributed by atoms with Crippen molar-refractivity contribution in [1.82, 2.24) is 5.32 Å². The first-order chi connectivity index (χ1) is 4.17. The van der Waals surface area contributed by atoms with Gasteiger partial charge in [-0.05, 0) is 13.8 Å². The fourth-order valence-electron chi connectivity index (χ4n) is 0.824. The van der Waals surface area contributed by atoms with E-state index in [9.17, 15) is 4.79 Å². The Morgan fingerprint density at radius 2 is 2.44 bits per heavy atom. The monoisotopic (exact) mass is 144 g/mol. The third kappa shape index (κ3) is 1.27. The van der Waals surface area contributed by atoms with Gasteiger partial charge in [0.05, 0.1) is 6.04 Å². The van der Waals surface area contributed by atoms with Gasteiger partial charge in [-0.15, -0.1) is 11.8 Å². The standard InChI is InChI=1S/C6H10NOS/c1-6(2)5(3-8)7-4-9-6/h5,7H,4H2,1-2H3/t5-/m1/s1. The molecule has 2 nitrogen and oxygen atoms in total. The van der Waals surface area contributed by atoms with Crippen LogP contribution in [0.5, 0.6) is 0 Å². The Morgan fingerprint density at radius 3 is 2.67 bits per heavy atom. The Bertz CT molecular complexity index is 124. The van der Waals surface area contributed by atoms with Gasteiger partial charge in [-0.3, -0.25) is 10.1 Å². The molecule has 1 radical (unpaired) electrons. The summed E-state index contributed by atoms with van der Waals surface area (Å²) in [7, 11) is 0. The van der Waals surface area contributed by atoms with Crippen molar-refractivity contribution in [3.8, 4) is 0 Å². The second-order valence-electron chi connectivity index (χ2n) is 2.65. The van der Waals surface area contributed by atoms with E-state index in [1.807, 2.05) is 20.1 Å². The van der Waals surface area contributed by atoms with Crippen LogP contribution in [0.25, 0.3) is 0 Å². The van der Waals surface area contributed by atoms with Gasteiger partial charge >= 0.3 is 0 Å². The molecule has 3 heteroatoms. The van der Waals surface area contributed by atoms with Crippen LogP contribution in [-0.2, 0) is 4.79 Å². The fourth-order valence-corrected chi connectivity index (χ4v) is 1.74. The Morgan fingerprint density at radius 1 is 1.78 bits per heavy atom. The molecule has 1 fully saturated rings. The van der Waals surface area contributed by atoms with E-state index in [1.54, 1.807) is 11.8 Å². The number of carbonyl (C=O) groups excluding carboxylic acids is 1. The molecular formula is C6H10NOS. The van der Waals surface area contributed by atoms with E-state index in [4.69, 9.17) is 0 Å². The molecule has 1 aliphatic heterocycles. The molecule has 1 rings (SSSR count). The first kappa shape index (κ1) is 7.09. The average molecular weight is 144 g/mol. The molecule has 0 saturated carbocycles. The van der Waals surface area contributed by atoms with E-state index < -0.39 is 0 Å². The summed E-state index contributed by atoms with van der Waals surface area (Å²) < 4.78 is 0.0434. The van der Waals surface area contributed by atoms with Crippen molar-refractivity contribution in [1.29, 1.82) is 0 Å². The van der Waals surface area contributed by atoms with E-state index in [1.165, 1.54) is 0 Å². The van der Waals surface area contributed by atoms with E-state index in [0.29, 0.717) is 0 Å². The van der Waals surface area contributed by atoms with Crippen LogP contribution in [0.3, 0.4) is 0 Å². The maximum Gasteiger partial charge on any atom is 0.218 e. The lowest BCUT2D eigenvalue weighted by Gasteiger charge is -2.18. The first-order valence-corrected chi connectivity index (χ1v) is 3.90. The summed E-state index contributed by atoms with van der Waals surface area (Å²) >= 11 is 1.76. The third-order valence-electron chi connectivity index (χ3n) is 1.54. The number of nitrogens with one attached hydrogen (secondary N) is 1. The normalized spacial score (nSPS) is 32.4. The lowest BCUT2D eigenvalue weighted by Crippen LogP contribution is -2.37. The van der Waals surface area contributed by atoms with Crippen LogP contribution >= 0.6 is 11.8 Å². The summed E-state index contributed by atoms with van der Waals surface area (Å²) in [6, 6.07) is -0.0810. The zero-order chi connectivity index (χ0) is 6.91. The minimum absolute atomic E-state index is 0.0434. The Hall–Kier alpha value is -0.0200. The average Bonchev–Trinajstić information content (AvgIpc) is 2.08. The van der Waals surface area contributed by atoms with E-state index in [0.717, 1.165) is 5.88 Å². The zero-order valence-electron chi connectivity index (χ0n) is 5.60. The number of hydrogen-bond acceptors (Lipinski definition) is 3. The predicted molar refractivity (Wildman–Crippen MR) is 39.2 cm³/mol. The first-order valence-electron chi connectivity index (χ1n) is 2.92. The largest absolute Gasteiger partial charge is 0.297 e. The van der Waals surface area contributed by atoms with Gasteiger partial charge in [0.25, 0.3) is 0 Å². The second-order valence-corrected chi connectivity index (χ2v) is 4.28. The van der Waals surface area contributed by atoms with Gasteiger partial charge in [0.2, 0.25) is 6.29 Å². The summed E-state index contributed by atoms with van der Waals surface area (Å²) in [5.74, 6) is 0.868. The number of hydrogen-bond donors (Lipinski definition) is 1. The van der Waals surface area contributed by atoms with Crippen LogP contribution in [0.15, 0.2) is 0 Å². The van der Waals surface area contributed by atoms with Crippen molar-refractivity contribution >= 4 is 18.0 Å². The maximum atomic E-state index is 10.2. The highest BCUT2D eigenvalue weighted by molar-refractivity contribution is 8.00. The molecule has 9 heavy (non-hydrogen) atoms. The van der Waals surface area contributed by atoms with Gasteiger partial charge in [0.15, 0.2) is 0 Å². The van der Waals surface area contributed by atoms with Crippen molar-refractivity contribution in [3.63, 3.8) is 0 Å². The minimum Gasteiger partial charge on any atom is -0.297 e. The van der Waals surface area contributed by atoms with Crippen molar-refractivity contribution < 1.29 is 4.79 Å². The molecule has 1 saturated heterocycles.